The van der Waals surface area contributed by atoms with Gasteiger partial charge in [0.05, 0.1) is 17.9 Å². The number of imidazole rings is 1. The van der Waals surface area contributed by atoms with Crippen molar-refractivity contribution < 1.29 is 13.2 Å². The highest BCUT2D eigenvalue weighted by Gasteiger charge is 2.47. The van der Waals surface area contributed by atoms with Gasteiger partial charge in [0.25, 0.3) is 0 Å². The quantitative estimate of drug-likeness (QED) is 0.356. The molecule has 6 rings (SSSR count). The van der Waals surface area contributed by atoms with Gasteiger partial charge >= 0.3 is 0 Å². The van der Waals surface area contributed by atoms with Crippen molar-refractivity contribution in [1.29, 1.82) is 0 Å². The predicted octanol–water partition coefficient (Wildman–Crippen LogP) is 3.34. The van der Waals surface area contributed by atoms with Crippen LogP contribution in [0.2, 0.25) is 0 Å². The summed E-state index contributed by atoms with van der Waals surface area (Å²) in [7, 11) is -2.49. The van der Waals surface area contributed by atoms with Gasteiger partial charge in [0.2, 0.25) is 15.9 Å². The van der Waals surface area contributed by atoms with E-state index in [1.807, 2.05) is 29.7 Å². The van der Waals surface area contributed by atoms with Gasteiger partial charge in [0, 0.05) is 48.9 Å². The number of carbonyl (C=O) groups is 1. The molecule has 1 amide bonds. The van der Waals surface area contributed by atoms with Gasteiger partial charge in [0.1, 0.15) is 16.4 Å². The normalized spacial score (nSPS) is 18.9. The molecule has 196 valence electrons. The summed E-state index contributed by atoms with van der Waals surface area (Å²) in [6, 6.07) is 10.7. The molecule has 2 atom stereocenters. The third-order valence-corrected chi connectivity index (χ3v) is 8.21. The van der Waals surface area contributed by atoms with Crippen LogP contribution in [0.3, 0.4) is 0 Å². The number of aryl methyl sites for hydroxylation is 1. The zero-order valence-corrected chi connectivity index (χ0v) is 22.0. The standard InChI is InChI=1S/C27H29N7O3S/c1-16-9-10-29-26(31-16)21-12-22(21)27(35)33(2)23-11-19(6-7-24(23)38(28,36)37)30-13-20-15-34-14-18(17-3-4-17)5-8-25(34)32-20/h5-11,14-15,17,21-22,30H,3-4,12-13H2,1-2H3,(H2,28,36,37)/t21-,22-/m0/s1. The topological polar surface area (TPSA) is 136 Å². The Kier molecular flexibility index (Phi) is 5.92. The molecule has 3 aromatic heterocycles. The number of nitrogens with zero attached hydrogens (tertiary/aromatic N) is 5. The number of anilines is 2. The van der Waals surface area contributed by atoms with Crippen molar-refractivity contribution in [3.8, 4) is 0 Å². The van der Waals surface area contributed by atoms with Gasteiger partial charge in [-0.1, -0.05) is 6.07 Å². The Bertz CT molecular complexity index is 1660. The number of amides is 1. The first-order valence-electron chi connectivity index (χ1n) is 12.6. The fourth-order valence-corrected chi connectivity index (χ4v) is 5.64. The smallest absolute Gasteiger partial charge is 0.240 e. The molecule has 1 aromatic carbocycles. The van der Waals surface area contributed by atoms with Gasteiger partial charge in [0.15, 0.2) is 0 Å². The summed E-state index contributed by atoms with van der Waals surface area (Å²) in [6.45, 7) is 2.31. The number of hydrogen-bond donors (Lipinski definition) is 2. The molecule has 10 nitrogen and oxygen atoms in total. The van der Waals surface area contributed by atoms with E-state index in [-0.39, 0.29) is 28.3 Å². The molecule has 3 N–H and O–H groups in total. The lowest BCUT2D eigenvalue weighted by Gasteiger charge is -2.21. The van der Waals surface area contributed by atoms with Crippen LogP contribution in [0.4, 0.5) is 11.4 Å². The first-order chi connectivity index (χ1) is 18.2. The highest BCUT2D eigenvalue weighted by atomic mass is 32.2. The molecule has 38 heavy (non-hydrogen) atoms. The first kappa shape index (κ1) is 24.5. The largest absolute Gasteiger partial charge is 0.379 e. The Morgan fingerprint density at radius 1 is 1.16 bits per heavy atom. The molecule has 2 fully saturated rings. The van der Waals surface area contributed by atoms with E-state index >= 15 is 0 Å². The zero-order valence-electron chi connectivity index (χ0n) is 21.2. The summed E-state index contributed by atoms with van der Waals surface area (Å²) in [5.41, 5.74) is 4.76. The van der Waals surface area contributed by atoms with Gasteiger partial charge in [-0.15, -0.1) is 0 Å². The van der Waals surface area contributed by atoms with Gasteiger partial charge in [-0.2, -0.15) is 0 Å². The van der Waals surface area contributed by atoms with Crippen molar-refractivity contribution in [2.24, 2.45) is 11.1 Å². The summed E-state index contributed by atoms with van der Waals surface area (Å²) >= 11 is 0. The number of hydrogen-bond acceptors (Lipinski definition) is 7. The van der Waals surface area contributed by atoms with Crippen LogP contribution in [0, 0.1) is 12.8 Å². The predicted molar refractivity (Wildman–Crippen MR) is 143 cm³/mol. The molecule has 11 heteroatoms. The number of primary sulfonamides is 1. The van der Waals surface area contributed by atoms with E-state index in [1.54, 1.807) is 25.4 Å². The number of sulfonamides is 1. The maximum absolute atomic E-state index is 13.3. The molecule has 2 saturated carbocycles. The van der Waals surface area contributed by atoms with Crippen LogP contribution in [0.25, 0.3) is 5.65 Å². The summed E-state index contributed by atoms with van der Waals surface area (Å²) in [5.74, 6) is 0.698. The monoisotopic (exact) mass is 531 g/mol. The van der Waals surface area contributed by atoms with Gasteiger partial charge < -0.3 is 14.6 Å². The van der Waals surface area contributed by atoms with Gasteiger partial charge in [-0.05, 0) is 68.0 Å². The number of rotatable bonds is 8. The third kappa shape index (κ3) is 4.86. The average Bonchev–Trinajstić information content (AvgIpc) is 3.82. The summed E-state index contributed by atoms with van der Waals surface area (Å²) < 4.78 is 26.7. The molecule has 2 aliphatic rings. The van der Waals surface area contributed by atoms with Crippen molar-refractivity contribution in [1.82, 2.24) is 19.4 Å². The molecular formula is C27H29N7O3S. The van der Waals surface area contributed by atoms with E-state index in [9.17, 15) is 13.2 Å². The van der Waals surface area contributed by atoms with E-state index in [4.69, 9.17) is 5.14 Å². The molecular weight excluding hydrogens is 502 g/mol. The van der Waals surface area contributed by atoms with Gasteiger partial charge in [-0.3, -0.25) is 4.79 Å². The lowest BCUT2D eigenvalue weighted by molar-refractivity contribution is -0.119. The number of nitrogens with one attached hydrogen (secondary N) is 1. The Balaban J connectivity index is 1.21. The van der Waals surface area contributed by atoms with Crippen LogP contribution in [0.15, 0.2) is 59.9 Å². The molecule has 0 bridgehead atoms. The van der Waals surface area contributed by atoms with E-state index in [0.717, 1.165) is 17.0 Å². The van der Waals surface area contributed by atoms with Crippen LogP contribution in [-0.2, 0) is 21.4 Å². The highest BCUT2D eigenvalue weighted by molar-refractivity contribution is 7.89. The first-order valence-corrected chi connectivity index (χ1v) is 14.2. The number of fused-ring (bicyclic) bond motifs is 1. The summed E-state index contributed by atoms with van der Waals surface area (Å²) in [6.07, 6.45) is 8.91. The van der Waals surface area contributed by atoms with Crippen LogP contribution < -0.4 is 15.4 Å². The minimum absolute atomic E-state index is 0.0837. The molecule has 4 aromatic rings. The SMILES string of the molecule is Cc1ccnc([C@H]2C[C@@H]2C(=O)N(C)c2cc(NCc3cn4cc(C5CC5)ccc4n3)ccc2S(N)(=O)=O)n1. The molecule has 2 aliphatic carbocycles. The van der Waals surface area contributed by atoms with Gasteiger partial charge in [-0.25, -0.2) is 28.5 Å². The Morgan fingerprint density at radius 3 is 2.71 bits per heavy atom. The lowest BCUT2D eigenvalue weighted by Crippen LogP contribution is -2.30. The minimum Gasteiger partial charge on any atom is -0.379 e. The molecule has 3 heterocycles. The maximum Gasteiger partial charge on any atom is 0.240 e. The van der Waals surface area contributed by atoms with Crippen LogP contribution in [-0.4, -0.2) is 40.7 Å². The fourth-order valence-electron chi connectivity index (χ4n) is 4.90. The summed E-state index contributed by atoms with van der Waals surface area (Å²) in [4.78, 5) is 28.0. The Labute approximate surface area is 221 Å². The highest BCUT2D eigenvalue weighted by Crippen LogP contribution is 2.47. The molecule has 0 saturated heterocycles. The Morgan fingerprint density at radius 2 is 1.97 bits per heavy atom. The van der Waals surface area contributed by atoms with E-state index in [2.05, 4.69) is 32.5 Å². The lowest BCUT2D eigenvalue weighted by atomic mass is 10.2. The summed E-state index contributed by atoms with van der Waals surface area (Å²) in [5, 5.41) is 8.80. The number of nitrogens with two attached hydrogens (primary N) is 1. The number of pyridine rings is 1. The molecule has 0 aliphatic heterocycles. The van der Waals surface area contributed by atoms with Crippen molar-refractivity contribution in [3.63, 3.8) is 0 Å². The third-order valence-electron chi connectivity index (χ3n) is 7.26. The van der Waals surface area contributed by atoms with E-state index < -0.39 is 10.0 Å². The van der Waals surface area contributed by atoms with Crippen molar-refractivity contribution in [3.05, 3.63) is 77.8 Å². The number of benzene rings is 1. The van der Waals surface area contributed by atoms with Crippen LogP contribution in [0.1, 0.15) is 53.9 Å². The van der Waals surface area contributed by atoms with E-state index in [0.29, 0.717) is 30.4 Å². The molecule has 0 radical (unpaired) electrons. The fraction of sp³-hybridized carbons (Fsp3) is 0.333. The number of aromatic nitrogens is 4. The average molecular weight is 532 g/mol. The zero-order chi connectivity index (χ0) is 26.6. The minimum atomic E-state index is -4.06. The van der Waals surface area contributed by atoms with Crippen molar-refractivity contribution in [2.45, 2.75) is 49.5 Å². The second kappa shape index (κ2) is 9.17. The van der Waals surface area contributed by atoms with Crippen LogP contribution in [0.5, 0.6) is 0 Å². The van der Waals surface area contributed by atoms with Crippen molar-refractivity contribution in [2.75, 3.05) is 17.3 Å². The molecule has 0 spiro atoms. The van der Waals surface area contributed by atoms with Crippen molar-refractivity contribution >= 4 is 33.0 Å². The number of carbonyl (C=O) groups excluding carboxylic acids is 1. The second-order valence-electron chi connectivity index (χ2n) is 10.2. The van der Waals surface area contributed by atoms with E-state index in [1.165, 1.54) is 29.4 Å². The maximum atomic E-state index is 13.3. The Hall–Kier alpha value is -3.83. The second-order valence-corrected chi connectivity index (χ2v) is 11.7. The molecule has 0 unspecified atom stereocenters. The van der Waals surface area contributed by atoms with Crippen LogP contribution >= 0.6 is 0 Å².